The Hall–Kier alpha value is -0.600. The van der Waals surface area contributed by atoms with Gasteiger partial charge in [-0.15, -0.1) is 0 Å². The molecule has 1 unspecified atom stereocenters. The zero-order valence-corrected chi connectivity index (χ0v) is 12.3. The van der Waals surface area contributed by atoms with Crippen molar-refractivity contribution < 1.29 is 4.39 Å². The van der Waals surface area contributed by atoms with Gasteiger partial charge in [0.25, 0.3) is 0 Å². The Labute approximate surface area is 120 Å². The van der Waals surface area contributed by atoms with Crippen molar-refractivity contribution >= 4 is 11.6 Å². The van der Waals surface area contributed by atoms with Crippen LogP contribution in [-0.4, -0.2) is 12.6 Å². The molecule has 0 aromatic heterocycles. The first-order valence-corrected chi connectivity index (χ1v) is 7.74. The van der Waals surface area contributed by atoms with Crippen molar-refractivity contribution in [1.29, 1.82) is 0 Å². The summed E-state index contributed by atoms with van der Waals surface area (Å²) in [5.74, 6) is 0.693. The van der Waals surface area contributed by atoms with Gasteiger partial charge in [-0.1, -0.05) is 37.8 Å². The minimum absolute atomic E-state index is 0.138. The molecule has 1 aliphatic rings. The van der Waals surface area contributed by atoms with Gasteiger partial charge in [0.2, 0.25) is 0 Å². The highest BCUT2D eigenvalue weighted by molar-refractivity contribution is 6.30. The Morgan fingerprint density at radius 2 is 2.21 bits per heavy atom. The van der Waals surface area contributed by atoms with E-state index in [-0.39, 0.29) is 5.82 Å². The number of nitrogens with one attached hydrogen (secondary N) is 1. The van der Waals surface area contributed by atoms with Gasteiger partial charge in [-0.05, 0) is 55.5 Å². The maximum atomic E-state index is 13.8. The van der Waals surface area contributed by atoms with Crippen LogP contribution in [0.25, 0.3) is 0 Å². The molecule has 0 saturated heterocycles. The number of hydrogen-bond acceptors (Lipinski definition) is 1. The fourth-order valence-corrected chi connectivity index (χ4v) is 2.88. The topological polar surface area (TPSA) is 12.0 Å². The lowest BCUT2D eigenvalue weighted by atomic mass is 9.80. The molecule has 106 valence electrons. The van der Waals surface area contributed by atoms with Crippen LogP contribution in [-0.2, 0) is 6.42 Å². The highest BCUT2D eigenvalue weighted by atomic mass is 35.5. The molecule has 2 rings (SSSR count). The van der Waals surface area contributed by atoms with Crippen LogP contribution in [0, 0.1) is 11.7 Å². The predicted octanol–water partition coefficient (Wildman–Crippen LogP) is 4.58. The molecule has 1 N–H and O–H groups in total. The average molecular weight is 284 g/mol. The molecule has 3 heteroatoms. The van der Waals surface area contributed by atoms with Gasteiger partial charge < -0.3 is 5.32 Å². The maximum absolute atomic E-state index is 13.8. The monoisotopic (exact) mass is 283 g/mol. The molecule has 1 fully saturated rings. The van der Waals surface area contributed by atoms with Crippen LogP contribution in [0.4, 0.5) is 4.39 Å². The van der Waals surface area contributed by atoms with Gasteiger partial charge in [0.15, 0.2) is 0 Å². The number of hydrogen-bond donors (Lipinski definition) is 1. The van der Waals surface area contributed by atoms with Crippen molar-refractivity contribution in [2.24, 2.45) is 5.92 Å². The molecule has 1 aliphatic carbocycles. The van der Waals surface area contributed by atoms with Crippen LogP contribution in [0.15, 0.2) is 18.2 Å². The van der Waals surface area contributed by atoms with Crippen LogP contribution < -0.4 is 5.32 Å². The van der Waals surface area contributed by atoms with E-state index in [1.165, 1.54) is 25.3 Å². The van der Waals surface area contributed by atoms with Crippen molar-refractivity contribution in [2.75, 3.05) is 6.54 Å². The molecule has 1 aromatic rings. The van der Waals surface area contributed by atoms with E-state index in [1.807, 2.05) is 0 Å². The average Bonchev–Trinajstić information content (AvgIpc) is 2.34. The molecule has 1 saturated carbocycles. The summed E-state index contributed by atoms with van der Waals surface area (Å²) in [6.07, 6.45) is 7.04. The molecule has 0 amide bonds. The van der Waals surface area contributed by atoms with Gasteiger partial charge in [-0.3, -0.25) is 0 Å². The first-order chi connectivity index (χ1) is 9.19. The normalized spacial score (nSPS) is 17.2. The Bertz CT molecular complexity index is 404. The third-order valence-electron chi connectivity index (χ3n) is 4.00. The Kier molecular flexibility index (Phi) is 5.65. The summed E-state index contributed by atoms with van der Waals surface area (Å²) in [5.41, 5.74) is 0.737. The smallest absolute Gasteiger partial charge is 0.126 e. The Morgan fingerprint density at radius 1 is 1.42 bits per heavy atom. The summed E-state index contributed by atoms with van der Waals surface area (Å²) < 4.78 is 13.8. The van der Waals surface area contributed by atoms with Crippen molar-refractivity contribution in [3.8, 4) is 0 Å². The quantitative estimate of drug-likeness (QED) is 0.772. The third kappa shape index (κ3) is 4.47. The zero-order valence-electron chi connectivity index (χ0n) is 11.6. The van der Waals surface area contributed by atoms with E-state index < -0.39 is 0 Å². The lowest BCUT2D eigenvalue weighted by Gasteiger charge is -2.30. The van der Waals surface area contributed by atoms with Crippen molar-refractivity contribution in [2.45, 2.75) is 51.5 Å². The fourth-order valence-electron chi connectivity index (χ4n) is 2.68. The Morgan fingerprint density at radius 3 is 2.84 bits per heavy atom. The van der Waals surface area contributed by atoms with Gasteiger partial charge in [0.05, 0.1) is 0 Å². The van der Waals surface area contributed by atoms with Crippen LogP contribution in [0.5, 0.6) is 0 Å². The molecule has 0 aliphatic heterocycles. The Balaban J connectivity index is 1.98. The molecule has 19 heavy (non-hydrogen) atoms. The van der Waals surface area contributed by atoms with E-state index in [0.29, 0.717) is 11.1 Å². The first-order valence-electron chi connectivity index (χ1n) is 7.36. The van der Waals surface area contributed by atoms with Crippen LogP contribution >= 0.6 is 11.6 Å². The van der Waals surface area contributed by atoms with E-state index in [2.05, 4.69) is 12.2 Å². The van der Waals surface area contributed by atoms with E-state index in [1.54, 1.807) is 12.1 Å². The van der Waals surface area contributed by atoms with Crippen LogP contribution in [0.1, 0.15) is 44.6 Å². The highest BCUT2D eigenvalue weighted by Gasteiger charge is 2.22. The second-order valence-corrected chi connectivity index (χ2v) is 6.06. The largest absolute Gasteiger partial charge is 0.314 e. The summed E-state index contributed by atoms with van der Waals surface area (Å²) in [5, 5.41) is 4.17. The molecular formula is C16H23ClFN. The molecule has 0 heterocycles. The summed E-state index contributed by atoms with van der Waals surface area (Å²) in [6, 6.07) is 5.22. The van der Waals surface area contributed by atoms with Crippen LogP contribution in [0.2, 0.25) is 5.02 Å². The predicted molar refractivity (Wildman–Crippen MR) is 79.2 cm³/mol. The van der Waals surface area contributed by atoms with Crippen molar-refractivity contribution in [3.05, 3.63) is 34.6 Å². The van der Waals surface area contributed by atoms with Crippen molar-refractivity contribution in [3.63, 3.8) is 0 Å². The summed E-state index contributed by atoms with van der Waals surface area (Å²) in [4.78, 5) is 0. The standard InChI is InChI=1S/C16H23ClFN/c1-2-8-19-15(9-12-4-3-5-12)11-13-10-14(17)6-7-16(13)18/h6-7,10,12,15,19H,2-5,8-9,11H2,1H3. The van der Waals surface area contributed by atoms with Gasteiger partial charge in [-0.25, -0.2) is 4.39 Å². The summed E-state index contributed by atoms with van der Waals surface area (Å²) in [6.45, 7) is 3.16. The van der Waals surface area contributed by atoms with E-state index in [0.717, 1.165) is 37.3 Å². The van der Waals surface area contributed by atoms with Gasteiger partial charge in [0, 0.05) is 11.1 Å². The van der Waals surface area contributed by atoms with Gasteiger partial charge in [-0.2, -0.15) is 0 Å². The number of halogens is 2. The van der Waals surface area contributed by atoms with E-state index in [9.17, 15) is 4.39 Å². The number of rotatable bonds is 7. The van der Waals surface area contributed by atoms with E-state index >= 15 is 0 Å². The minimum atomic E-state index is -0.138. The van der Waals surface area contributed by atoms with Gasteiger partial charge in [0.1, 0.15) is 5.82 Å². The lowest BCUT2D eigenvalue weighted by molar-refractivity contribution is 0.258. The lowest BCUT2D eigenvalue weighted by Crippen LogP contribution is -2.35. The second kappa shape index (κ2) is 7.25. The third-order valence-corrected chi connectivity index (χ3v) is 4.23. The highest BCUT2D eigenvalue weighted by Crippen LogP contribution is 2.31. The zero-order chi connectivity index (χ0) is 13.7. The molecule has 1 aromatic carbocycles. The summed E-state index contributed by atoms with van der Waals surface area (Å²) in [7, 11) is 0. The molecule has 0 spiro atoms. The fraction of sp³-hybridized carbons (Fsp3) is 0.625. The molecule has 0 bridgehead atoms. The SMILES string of the molecule is CCCNC(Cc1cc(Cl)ccc1F)CC1CCC1. The first kappa shape index (κ1) is 14.8. The van der Waals surface area contributed by atoms with Crippen LogP contribution in [0.3, 0.4) is 0 Å². The van der Waals surface area contributed by atoms with E-state index in [4.69, 9.17) is 11.6 Å². The van der Waals surface area contributed by atoms with Crippen molar-refractivity contribution in [1.82, 2.24) is 5.32 Å². The molecule has 1 atom stereocenters. The molecule has 0 radical (unpaired) electrons. The second-order valence-electron chi connectivity index (χ2n) is 5.62. The minimum Gasteiger partial charge on any atom is -0.314 e. The molecule has 1 nitrogen and oxygen atoms in total. The summed E-state index contributed by atoms with van der Waals surface area (Å²) >= 11 is 5.96. The molecular weight excluding hydrogens is 261 g/mol. The number of benzene rings is 1. The van der Waals surface area contributed by atoms with Gasteiger partial charge >= 0.3 is 0 Å². The maximum Gasteiger partial charge on any atom is 0.126 e.